The molecule has 0 heterocycles. The predicted octanol–water partition coefficient (Wildman–Crippen LogP) is 4.12. The first-order valence-electron chi connectivity index (χ1n) is 7.26. The van der Waals surface area contributed by atoms with Gasteiger partial charge in [-0.05, 0) is 44.4 Å². The monoisotopic (exact) mass is 287 g/mol. The average molecular weight is 287 g/mol. The Morgan fingerprint density at radius 1 is 1.14 bits per heavy atom. The molecule has 0 radical (unpaired) electrons. The van der Waals surface area contributed by atoms with Gasteiger partial charge in [0.1, 0.15) is 11.6 Å². The summed E-state index contributed by atoms with van der Waals surface area (Å²) >= 11 is 0. The first-order chi connectivity index (χ1) is 9.97. The lowest BCUT2D eigenvalue weighted by Gasteiger charge is -2.21. The SMILES string of the molecule is Cc1ccccc1CC(C)NC(C)c1ccc(O)cc1F. The van der Waals surface area contributed by atoms with Crippen LogP contribution in [0, 0.1) is 12.7 Å². The molecule has 0 spiro atoms. The molecule has 2 nitrogen and oxygen atoms in total. The second-order valence-corrected chi connectivity index (χ2v) is 5.63. The largest absolute Gasteiger partial charge is 0.508 e. The molecule has 0 aromatic heterocycles. The highest BCUT2D eigenvalue weighted by molar-refractivity contribution is 5.30. The second-order valence-electron chi connectivity index (χ2n) is 5.63. The Hall–Kier alpha value is -1.87. The summed E-state index contributed by atoms with van der Waals surface area (Å²) < 4.78 is 13.8. The number of rotatable bonds is 5. The predicted molar refractivity (Wildman–Crippen MR) is 84.0 cm³/mol. The summed E-state index contributed by atoms with van der Waals surface area (Å²) in [6.45, 7) is 6.14. The van der Waals surface area contributed by atoms with Gasteiger partial charge < -0.3 is 10.4 Å². The van der Waals surface area contributed by atoms with Crippen LogP contribution in [-0.2, 0) is 6.42 Å². The van der Waals surface area contributed by atoms with Gasteiger partial charge in [0.15, 0.2) is 0 Å². The van der Waals surface area contributed by atoms with E-state index in [0.717, 1.165) is 12.5 Å². The number of aryl methyl sites for hydroxylation is 1. The summed E-state index contributed by atoms with van der Waals surface area (Å²) in [5, 5.41) is 12.7. The minimum Gasteiger partial charge on any atom is -0.508 e. The molecule has 0 fully saturated rings. The summed E-state index contributed by atoms with van der Waals surface area (Å²) in [5.41, 5.74) is 3.15. The molecule has 0 saturated heterocycles. The van der Waals surface area contributed by atoms with Crippen LogP contribution < -0.4 is 5.32 Å². The molecular formula is C18H22FNO. The number of phenols is 1. The number of halogens is 1. The van der Waals surface area contributed by atoms with Crippen LogP contribution in [0.15, 0.2) is 42.5 Å². The molecule has 21 heavy (non-hydrogen) atoms. The maximum absolute atomic E-state index is 13.8. The fourth-order valence-electron chi connectivity index (χ4n) is 2.61. The molecule has 2 aromatic rings. The standard InChI is InChI=1S/C18H22FNO/c1-12-6-4-5-7-15(12)10-13(2)20-14(3)17-9-8-16(21)11-18(17)19/h4-9,11,13-14,20-21H,10H2,1-3H3. The molecule has 112 valence electrons. The van der Waals surface area contributed by atoms with Gasteiger partial charge >= 0.3 is 0 Å². The third-order valence-electron chi connectivity index (χ3n) is 3.77. The van der Waals surface area contributed by atoms with Crippen molar-refractivity contribution in [3.8, 4) is 5.75 Å². The molecule has 2 unspecified atom stereocenters. The van der Waals surface area contributed by atoms with E-state index in [1.165, 1.54) is 17.2 Å². The molecule has 0 aliphatic rings. The summed E-state index contributed by atoms with van der Waals surface area (Å²) in [7, 11) is 0. The molecule has 0 saturated carbocycles. The normalized spacial score (nSPS) is 13.9. The van der Waals surface area contributed by atoms with Crippen molar-refractivity contribution in [2.75, 3.05) is 0 Å². The van der Waals surface area contributed by atoms with Gasteiger partial charge in [0.2, 0.25) is 0 Å². The van der Waals surface area contributed by atoms with Gasteiger partial charge in [-0.3, -0.25) is 0 Å². The number of aromatic hydroxyl groups is 1. The molecule has 2 rings (SSSR count). The van der Waals surface area contributed by atoms with Crippen LogP contribution in [-0.4, -0.2) is 11.1 Å². The Morgan fingerprint density at radius 2 is 1.86 bits per heavy atom. The van der Waals surface area contributed by atoms with E-state index in [0.29, 0.717) is 5.56 Å². The van der Waals surface area contributed by atoms with E-state index < -0.39 is 0 Å². The topological polar surface area (TPSA) is 32.3 Å². The third-order valence-corrected chi connectivity index (χ3v) is 3.77. The molecule has 3 heteroatoms. The number of phenolic OH excluding ortho intramolecular Hbond substituents is 1. The van der Waals surface area contributed by atoms with Gasteiger partial charge in [0, 0.05) is 23.7 Å². The minimum absolute atomic E-state index is 0.0450. The highest BCUT2D eigenvalue weighted by Crippen LogP contribution is 2.22. The van der Waals surface area contributed by atoms with E-state index in [2.05, 4.69) is 31.3 Å². The average Bonchev–Trinajstić information content (AvgIpc) is 2.41. The van der Waals surface area contributed by atoms with E-state index in [-0.39, 0.29) is 23.7 Å². The van der Waals surface area contributed by atoms with Gasteiger partial charge in [0.05, 0.1) is 0 Å². The van der Waals surface area contributed by atoms with Crippen LogP contribution in [0.2, 0.25) is 0 Å². The molecule has 2 atom stereocenters. The summed E-state index contributed by atoms with van der Waals surface area (Å²) in [5.74, 6) is -0.422. The first kappa shape index (κ1) is 15.5. The van der Waals surface area contributed by atoms with Crippen LogP contribution >= 0.6 is 0 Å². The highest BCUT2D eigenvalue weighted by atomic mass is 19.1. The van der Waals surface area contributed by atoms with E-state index in [9.17, 15) is 9.50 Å². The summed E-state index contributed by atoms with van der Waals surface area (Å²) in [6.07, 6.45) is 0.900. The zero-order valence-electron chi connectivity index (χ0n) is 12.7. The lowest BCUT2D eigenvalue weighted by atomic mass is 10.0. The van der Waals surface area contributed by atoms with Crippen molar-refractivity contribution in [3.63, 3.8) is 0 Å². The van der Waals surface area contributed by atoms with Gasteiger partial charge in [-0.15, -0.1) is 0 Å². The van der Waals surface area contributed by atoms with Gasteiger partial charge in [-0.2, -0.15) is 0 Å². The Balaban J connectivity index is 2.02. The Labute approximate surface area is 125 Å². The number of hydrogen-bond donors (Lipinski definition) is 2. The zero-order chi connectivity index (χ0) is 15.4. The maximum Gasteiger partial charge on any atom is 0.131 e. The van der Waals surface area contributed by atoms with Crippen molar-refractivity contribution in [2.45, 2.75) is 39.3 Å². The first-order valence-corrected chi connectivity index (χ1v) is 7.26. The molecular weight excluding hydrogens is 265 g/mol. The van der Waals surface area contributed by atoms with E-state index in [4.69, 9.17) is 0 Å². The maximum atomic E-state index is 13.8. The quantitative estimate of drug-likeness (QED) is 0.867. The molecule has 0 aliphatic heterocycles. The molecule has 0 bridgehead atoms. The van der Waals surface area contributed by atoms with Gasteiger partial charge in [-0.25, -0.2) is 4.39 Å². The van der Waals surface area contributed by atoms with Gasteiger partial charge in [0.25, 0.3) is 0 Å². The van der Waals surface area contributed by atoms with Crippen molar-refractivity contribution < 1.29 is 9.50 Å². The molecule has 2 aromatic carbocycles. The lowest BCUT2D eigenvalue weighted by Crippen LogP contribution is -2.31. The smallest absolute Gasteiger partial charge is 0.131 e. The number of hydrogen-bond acceptors (Lipinski definition) is 2. The van der Waals surface area contributed by atoms with Crippen molar-refractivity contribution >= 4 is 0 Å². The Bertz CT molecular complexity index is 612. The van der Waals surface area contributed by atoms with Crippen LogP contribution in [0.5, 0.6) is 5.75 Å². The van der Waals surface area contributed by atoms with E-state index in [1.807, 2.05) is 19.1 Å². The van der Waals surface area contributed by atoms with Gasteiger partial charge in [-0.1, -0.05) is 30.3 Å². The van der Waals surface area contributed by atoms with Crippen LogP contribution in [0.25, 0.3) is 0 Å². The minimum atomic E-state index is -0.377. The van der Waals surface area contributed by atoms with Crippen molar-refractivity contribution in [1.29, 1.82) is 0 Å². The van der Waals surface area contributed by atoms with E-state index >= 15 is 0 Å². The van der Waals surface area contributed by atoms with Crippen LogP contribution in [0.4, 0.5) is 4.39 Å². The second kappa shape index (κ2) is 6.72. The fraction of sp³-hybridized carbons (Fsp3) is 0.333. The Morgan fingerprint density at radius 3 is 2.52 bits per heavy atom. The van der Waals surface area contributed by atoms with E-state index in [1.54, 1.807) is 6.07 Å². The molecule has 2 N–H and O–H groups in total. The number of benzene rings is 2. The summed E-state index contributed by atoms with van der Waals surface area (Å²) in [4.78, 5) is 0. The van der Waals surface area contributed by atoms with Crippen LogP contribution in [0.3, 0.4) is 0 Å². The van der Waals surface area contributed by atoms with Crippen molar-refractivity contribution in [3.05, 3.63) is 65.0 Å². The fourth-order valence-corrected chi connectivity index (χ4v) is 2.61. The third kappa shape index (κ3) is 4.05. The number of nitrogens with one attached hydrogen (secondary N) is 1. The summed E-state index contributed by atoms with van der Waals surface area (Å²) in [6, 6.07) is 12.7. The molecule has 0 aliphatic carbocycles. The van der Waals surface area contributed by atoms with Crippen molar-refractivity contribution in [2.24, 2.45) is 0 Å². The van der Waals surface area contributed by atoms with Crippen molar-refractivity contribution in [1.82, 2.24) is 5.32 Å². The highest BCUT2D eigenvalue weighted by Gasteiger charge is 2.14. The molecule has 0 amide bonds. The van der Waals surface area contributed by atoms with Crippen LogP contribution in [0.1, 0.15) is 36.6 Å². The lowest BCUT2D eigenvalue weighted by molar-refractivity contribution is 0.448. The zero-order valence-corrected chi connectivity index (χ0v) is 12.7. The Kier molecular flexibility index (Phi) is 4.97.